The average Bonchev–Trinajstić information content (AvgIpc) is 2.92. The van der Waals surface area contributed by atoms with Crippen molar-refractivity contribution in [3.63, 3.8) is 0 Å². The molecule has 0 bridgehead atoms. The summed E-state index contributed by atoms with van der Waals surface area (Å²) >= 11 is 0. The molecule has 1 unspecified atom stereocenters. The van der Waals surface area contributed by atoms with Gasteiger partial charge >= 0.3 is 17.1 Å². The van der Waals surface area contributed by atoms with Crippen molar-refractivity contribution < 1.29 is 27.3 Å². The van der Waals surface area contributed by atoms with Crippen LogP contribution in [0.15, 0.2) is 0 Å². The molecule has 0 aromatic rings. The summed E-state index contributed by atoms with van der Waals surface area (Å²) < 4.78 is 0. The summed E-state index contributed by atoms with van der Waals surface area (Å²) in [6, 6.07) is 0. The van der Waals surface area contributed by atoms with Gasteiger partial charge in [-0.3, -0.25) is 0 Å². The third-order valence-electron chi connectivity index (χ3n) is 1.97. The normalized spacial score (nSPS) is 22.1. The van der Waals surface area contributed by atoms with Gasteiger partial charge in [0, 0.05) is 0 Å². The molecule has 86 valence electrons. The zero-order valence-corrected chi connectivity index (χ0v) is 10.0. The Hall–Kier alpha value is 0.439. The molecule has 10 radical (unpaired) electrons. The van der Waals surface area contributed by atoms with Gasteiger partial charge in [0.2, 0.25) is 0 Å². The van der Waals surface area contributed by atoms with Crippen LogP contribution < -0.4 is 0 Å². The van der Waals surface area contributed by atoms with Crippen LogP contribution in [0.1, 0.15) is 6.42 Å². The monoisotopic (exact) mass is 260 g/mol. The fourth-order valence-electron chi connectivity index (χ4n) is 1.21. The van der Waals surface area contributed by atoms with E-state index in [1.165, 1.54) is 0 Å². The van der Waals surface area contributed by atoms with Crippen molar-refractivity contribution in [2.45, 2.75) is 12.5 Å². The molecule has 0 aromatic heterocycles. The predicted octanol–water partition coefficient (Wildman–Crippen LogP) is 1.15. The second kappa shape index (κ2) is 10.6. The van der Waals surface area contributed by atoms with Gasteiger partial charge < -0.3 is 10.2 Å². The van der Waals surface area contributed by atoms with E-state index in [1.807, 2.05) is 57.8 Å². The summed E-state index contributed by atoms with van der Waals surface area (Å²) in [5.74, 6) is 1.07. The smallest absolute Gasteiger partial charge is 0.394 e. The molecule has 2 rings (SSSR count). The van der Waals surface area contributed by atoms with Crippen LogP contribution in [0.5, 0.6) is 0 Å². The molecular weight excluding hydrogens is 244 g/mol. The van der Waals surface area contributed by atoms with Gasteiger partial charge in [-0.1, -0.05) is 0 Å². The van der Waals surface area contributed by atoms with Gasteiger partial charge in [-0.25, -0.2) is 0 Å². The zero-order valence-electron chi connectivity index (χ0n) is 8.94. The molecule has 2 aliphatic carbocycles. The Balaban J connectivity index is 0.000000318. The SMILES string of the molecule is OCC(O)C[C]1[CH][CH][CH][CH]1.[CH]1[CH][CH][CH][CH]1.[Fe+2]. The maximum absolute atomic E-state index is 8.98. The second-order valence-corrected chi connectivity index (χ2v) is 3.30. The van der Waals surface area contributed by atoms with E-state index in [4.69, 9.17) is 10.2 Å². The van der Waals surface area contributed by atoms with E-state index in [1.54, 1.807) is 0 Å². The van der Waals surface area contributed by atoms with Gasteiger partial charge in [-0.15, -0.1) is 0 Å². The van der Waals surface area contributed by atoms with Crippen molar-refractivity contribution in [1.29, 1.82) is 0 Å². The summed E-state index contributed by atoms with van der Waals surface area (Å²) in [5, 5.41) is 17.5. The second-order valence-electron chi connectivity index (χ2n) is 3.30. The quantitative estimate of drug-likeness (QED) is 0.747. The van der Waals surface area contributed by atoms with Gasteiger partial charge in [-0.05, 0) is 70.1 Å². The van der Waals surface area contributed by atoms with E-state index < -0.39 is 6.10 Å². The molecule has 2 saturated carbocycles. The Morgan fingerprint density at radius 2 is 1.31 bits per heavy atom. The van der Waals surface area contributed by atoms with Gasteiger partial charge in [0.05, 0.1) is 12.7 Å². The van der Waals surface area contributed by atoms with E-state index in [2.05, 4.69) is 0 Å². The zero-order chi connectivity index (χ0) is 10.9. The van der Waals surface area contributed by atoms with E-state index in [0.29, 0.717) is 6.42 Å². The number of aliphatic hydroxyl groups is 2. The summed E-state index contributed by atoms with van der Waals surface area (Å²) in [4.78, 5) is 0. The molecule has 0 spiro atoms. The van der Waals surface area contributed by atoms with Crippen LogP contribution in [0.4, 0.5) is 0 Å². The molecule has 2 fully saturated rings. The average molecular weight is 260 g/mol. The Kier molecular flexibility index (Phi) is 10.9. The van der Waals surface area contributed by atoms with Crippen LogP contribution in [0.3, 0.4) is 0 Å². The molecule has 16 heavy (non-hydrogen) atoms. The molecular formula is C13H16FeO2+2. The predicted molar refractivity (Wildman–Crippen MR) is 59.7 cm³/mol. The maximum atomic E-state index is 8.98. The van der Waals surface area contributed by atoms with Crippen molar-refractivity contribution in [1.82, 2.24) is 0 Å². The van der Waals surface area contributed by atoms with Crippen LogP contribution in [0.2, 0.25) is 0 Å². The first-order valence-electron chi connectivity index (χ1n) is 4.99. The molecule has 0 heterocycles. The van der Waals surface area contributed by atoms with Crippen molar-refractivity contribution in [3.05, 3.63) is 63.7 Å². The van der Waals surface area contributed by atoms with Crippen LogP contribution >= 0.6 is 0 Å². The Labute approximate surface area is 110 Å². The molecule has 1 atom stereocenters. The first-order valence-corrected chi connectivity index (χ1v) is 4.99. The number of rotatable bonds is 3. The maximum Gasteiger partial charge on any atom is 2.00 e. The summed E-state index contributed by atoms with van der Waals surface area (Å²) in [6.45, 7) is -0.162. The van der Waals surface area contributed by atoms with Crippen LogP contribution in [0, 0.1) is 63.7 Å². The van der Waals surface area contributed by atoms with E-state index in [-0.39, 0.29) is 23.7 Å². The fourth-order valence-corrected chi connectivity index (χ4v) is 1.21. The van der Waals surface area contributed by atoms with E-state index >= 15 is 0 Å². The largest absolute Gasteiger partial charge is 2.00 e. The Morgan fingerprint density at radius 3 is 1.69 bits per heavy atom. The molecule has 0 saturated heterocycles. The topological polar surface area (TPSA) is 40.5 Å². The molecule has 2 aliphatic rings. The van der Waals surface area contributed by atoms with Crippen LogP contribution in [0.25, 0.3) is 0 Å². The van der Waals surface area contributed by atoms with Crippen molar-refractivity contribution in [2.24, 2.45) is 0 Å². The molecule has 0 amide bonds. The van der Waals surface area contributed by atoms with Crippen LogP contribution in [-0.2, 0) is 17.1 Å². The fraction of sp³-hybridized carbons (Fsp3) is 0.231. The van der Waals surface area contributed by atoms with E-state index in [9.17, 15) is 0 Å². The Bertz CT molecular complexity index is 135. The van der Waals surface area contributed by atoms with Gasteiger partial charge in [0.1, 0.15) is 0 Å². The van der Waals surface area contributed by atoms with Crippen molar-refractivity contribution in [3.8, 4) is 0 Å². The summed E-state index contributed by atoms with van der Waals surface area (Å²) in [6.07, 6.45) is 17.6. The minimum Gasteiger partial charge on any atom is -0.394 e. The number of hydrogen-bond donors (Lipinski definition) is 2. The third-order valence-corrected chi connectivity index (χ3v) is 1.97. The summed E-state index contributed by atoms with van der Waals surface area (Å²) in [5.41, 5.74) is 0. The van der Waals surface area contributed by atoms with Crippen molar-refractivity contribution >= 4 is 0 Å². The van der Waals surface area contributed by atoms with Crippen LogP contribution in [-0.4, -0.2) is 22.9 Å². The van der Waals surface area contributed by atoms with Gasteiger partial charge in [0.15, 0.2) is 0 Å². The minimum atomic E-state index is -0.609. The third kappa shape index (κ3) is 7.67. The molecule has 2 nitrogen and oxygen atoms in total. The van der Waals surface area contributed by atoms with Gasteiger partial charge in [-0.2, -0.15) is 0 Å². The molecule has 0 aliphatic heterocycles. The Morgan fingerprint density at radius 1 is 0.875 bits per heavy atom. The van der Waals surface area contributed by atoms with Crippen molar-refractivity contribution in [2.75, 3.05) is 6.61 Å². The number of aliphatic hydroxyl groups excluding tert-OH is 2. The number of hydrogen-bond acceptors (Lipinski definition) is 2. The van der Waals surface area contributed by atoms with Gasteiger partial charge in [0.25, 0.3) is 0 Å². The first-order chi connectivity index (χ1) is 7.33. The minimum absolute atomic E-state index is 0. The summed E-state index contributed by atoms with van der Waals surface area (Å²) in [7, 11) is 0. The molecule has 0 aromatic carbocycles. The molecule has 2 N–H and O–H groups in total. The molecule has 3 heteroatoms. The van der Waals surface area contributed by atoms with E-state index in [0.717, 1.165) is 5.92 Å². The standard InChI is InChI=1S/C8H11O2.C5H5.Fe/c9-6-8(10)5-7-3-1-2-4-7;1-2-4-5-3-1;/h1-4,8-10H,5-6H2;1-5H;/q;;+2. The first kappa shape index (κ1) is 16.4.